The molecule has 1 aromatic rings. The van der Waals surface area contributed by atoms with Crippen molar-refractivity contribution in [2.75, 3.05) is 13.1 Å². The third-order valence-electron chi connectivity index (χ3n) is 6.41. The number of nitrogens with one attached hydrogen (secondary N) is 2. The number of aliphatic hydroxyl groups excluding tert-OH is 1. The summed E-state index contributed by atoms with van der Waals surface area (Å²) in [6.07, 6.45) is 8.94. The van der Waals surface area contributed by atoms with Gasteiger partial charge in [-0.25, -0.2) is 4.79 Å². The summed E-state index contributed by atoms with van der Waals surface area (Å²) in [4.78, 5) is 12.1. The Labute approximate surface area is 174 Å². The molecule has 0 spiro atoms. The van der Waals surface area contributed by atoms with E-state index in [1.807, 2.05) is 30.3 Å². The van der Waals surface area contributed by atoms with Gasteiger partial charge in [0, 0.05) is 12.6 Å². The lowest BCUT2D eigenvalue weighted by Crippen LogP contribution is -2.40. The molecule has 0 heterocycles. The smallest absolute Gasteiger partial charge is 0.407 e. The van der Waals surface area contributed by atoms with Gasteiger partial charge in [-0.3, -0.25) is 0 Å². The molecule has 0 bridgehead atoms. The highest BCUT2D eigenvalue weighted by Gasteiger charge is 2.28. The van der Waals surface area contributed by atoms with Gasteiger partial charge < -0.3 is 20.5 Å². The van der Waals surface area contributed by atoms with Gasteiger partial charge in [0.2, 0.25) is 0 Å². The van der Waals surface area contributed by atoms with Crippen LogP contribution in [0, 0.1) is 17.8 Å². The number of alkyl carbamates (subject to hydrolysis) is 1. The van der Waals surface area contributed by atoms with Crippen molar-refractivity contribution >= 4 is 6.09 Å². The van der Waals surface area contributed by atoms with Gasteiger partial charge in [-0.1, -0.05) is 36.4 Å². The van der Waals surface area contributed by atoms with Gasteiger partial charge in [0.05, 0.1) is 6.10 Å². The zero-order chi connectivity index (χ0) is 20.5. The van der Waals surface area contributed by atoms with Gasteiger partial charge in [0.1, 0.15) is 6.61 Å². The second kappa shape index (κ2) is 11.4. The Morgan fingerprint density at radius 2 is 1.76 bits per heavy atom. The van der Waals surface area contributed by atoms with E-state index in [0.29, 0.717) is 36.9 Å². The van der Waals surface area contributed by atoms with Crippen LogP contribution in [0.4, 0.5) is 4.79 Å². The van der Waals surface area contributed by atoms with E-state index >= 15 is 0 Å². The molecule has 0 radical (unpaired) electrons. The quantitative estimate of drug-likeness (QED) is 0.576. The first kappa shape index (κ1) is 21.8. The monoisotopic (exact) mass is 400 g/mol. The van der Waals surface area contributed by atoms with Gasteiger partial charge >= 0.3 is 6.09 Å². The normalized spacial score (nSPS) is 29.8. The number of hydrogen-bond acceptors (Lipinski definition) is 4. The molecule has 0 aliphatic heterocycles. The standard InChI is InChI=1S/C24H36N2O3/c1-2-18-12-20(15-25-22-8-10-23(27)11-9-22)14-21(13-18)16-26-24(28)29-17-19-6-4-3-5-7-19/h2-7,18,20-23,25,27H,1,8-17H2,(H,26,28)/t18?,20-,21-,22-,23-/m1/s1. The second-order valence-electron chi connectivity index (χ2n) is 8.79. The minimum absolute atomic E-state index is 0.107. The molecule has 0 saturated heterocycles. The molecule has 1 amide bonds. The average Bonchev–Trinajstić information content (AvgIpc) is 2.76. The van der Waals surface area contributed by atoms with E-state index < -0.39 is 0 Å². The van der Waals surface area contributed by atoms with Crippen LogP contribution in [0.5, 0.6) is 0 Å². The first-order valence-corrected chi connectivity index (χ1v) is 11.1. The molecule has 29 heavy (non-hydrogen) atoms. The maximum Gasteiger partial charge on any atom is 0.407 e. The van der Waals surface area contributed by atoms with E-state index in [2.05, 4.69) is 23.3 Å². The zero-order valence-electron chi connectivity index (χ0n) is 17.4. The second-order valence-corrected chi connectivity index (χ2v) is 8.79. The molecule has 3 rings (SSSR count). The average molecular weight is 401 g/mol. The highest BCUT2D eigenvalue weighted by molar-refractivity contribution is 5.67. The van der Waals surface area contributed by atoms with Crippen LogP contribution in [0.2, 0.25) is 0 Å². The SMILES string of the molecule is C=CC1C[C@@H](CNC(=O)OCc2ccccc2)C[C@H](CN[C@H]2CC[C@H](O)CC2)C1. The van der Waals surface area contributed by atoms with E-state index in [0.717, 1.165) is 50.6 Å². The predicted octanol–water partition coefficient (Wildman–Crippen LogP) is 4.02. The molecule has 2 aliphatic rings. The van der Waals surface area contributed by atoms with Gasteiger partial charge in [0.15, 0.2) is 0 Å². The molecular weight excluding hydrogens is 364 g/mol. The number of benzene rings is 1. The first-order valence-electron chi connectivity index (χ1n) is 11.1. The zero-order valence-corrected chi connectivity index (χ0v) is 17.4. The van der Waals surface area contributed by atoms with Crippen LogP contribution in [0.1, 0.15) is 50.5 Å². The summed E-state index contributed by atoms with van der Waals surface area (Å²) < 4.78 is 5.33. The molecule has 160 valence electrons. The van der Waals surface area contributed by atoms with E-state index in [1.54, 1.807) is 0 Å². The van der Waals surface area contributed by atoms with E-state index in [4.69, 9.17) is 4.74 Å². The highest BCUT2D eigenvalue weighted by atomic mass is 16.5. The Morgan fingerprint density at radius 3 is 2.45 bits per heavy atom. The van der Waals surface area contributed by atoms with Crippen molar-refractivity contribution in [3.8, 4) is 0 Å². The van der Waals surface area contributed by atoms with E-state index in [9.17, 15) is 9.90 Å². The van der Waals surface area contributed by atoms with Crippen LogP contribution in [-0.2, 0) is 11.3 Å². The van der Waals surface area contributed by atoms with Crippen LogP contribution in [0.15, 0.2) is 43.0 Å². The lowest BCUT2D eigenvalue weighted by Gasteiger charge is -2.35. The molecule has 1 aromatic carbocycles. The van der Waals surface area contributed by atoms with Crippen LogP contribution in [0.3, 0.4) is 0 Å². The van der Waals surface area contributed by atoms with Crippen molar-refractivity contribution in [2.45, 2.75) is 63.7 Å². The molecule has 2 saturated carbocycles. The number of aliphatic hydroxyl groups is 1. The summed E-state index contributed by atoms with van der Waals surface area (Å²) in [6.45, 7) is 5.98. The Hall–Kier alpha value is -1.85. The molecule has 0 aromatic heterocycles. The topological polar surface area (TPSA) is 70.6 Å². The van der Waals surface area contributed by atoms with Crippen molar-refractivity contribution in [3.05, 3.63) is 48.6 Å². The minimum Gasteiger partial charge on any atom is -0.445 e. The highest BCUT2D eigenvalue weighted by Crippen LogP contribution is 2.34. The van der Waals surface area contributed by atoms with Crippen LogP contribution in [0.25, 0.3) is 0 Å². The minimum atomic E-state index is -0.343. The fourth-order valence-corrected chi connectivity index (χ4v) is 4.76. The van der Waals surface area contributed by atoms with Gasteiger partial charge in [-0.15, -0.1) is 6.58 Å². The van der Waals surface area contributed by atoms with Crippen molar-refractivity contribution < 1.29 is 14.6 Å². The van der Waals surface area contributed by atoms with Gasteiger partial charge in [-0.2, -0.15) is 0 Å². The molecule has 5 heteroatoms. The summed E-state index contributed by atoms with van der Waals surface area (Å²) in [7, 11) is 0. The Kier molecular flexibility index (Phi) is 8.56. The molecule has 3 N–H and O–H groups in total. The van der Waals surface area contributed by atoms with Crippen molar-refractivity contribution in [1.29, 1.82) is 0 Å². The molecule has 5 nitrogen and oxygen atoms in total. The summed E-state index contributed by atoms with van der Waals surface area (Å²) >= 11 is 0. The van der Waals surface area contributed by atoms with E-state index in [1.165, 1.54) is 6.42 Å². The predicted molar refractivity (Wildman–Crippen MR) is 115 cm³/mol. The molecule has 2 aliphatic carbocycles. The van der Waals surface area contributed by atoms with Gasteiger partial charge in [-0.05, 0) is 74.8 Å². The lowest BCUT2D eigenvalue weighted by molar-refractivity contribution is 0.113. The third kappa shape index (κ3) is 7.48. The largest absolute Gasteiger partial charge is 0.445 e. The number of carbonyl (C=O) groups is 1. The van der Waals surface area contributed by atoms with Crippen LogP contribution in [-0.4, -0.2) is 36.4 Å². The van der Waals surface area contributed by atoms with Crippen LogP contribution >= 0.6 is 0 Å². The van der Waals surface area contributed by atoms with E-state index in [-0.39, 0.29) is 12.2 Å². The number of hydrogen-bond donors (Lipinski definition) is 3. The van der Waals surface area contributed by atoms with Crippen molar-refractivity contribution in [1.82, 2.24) is 10.6 Å². The number of ether oxygens (including phenoxy) is 1. The van der Waals surface area contributed by atoms with Crippen molar-refractivity contribution in [3.63, 3.8) is 0 Å². The third-order valence-corrected chi connectivity index (χ3v) is 6.41. The number of carbonyl (C=O) groups excluding carboxylic acids is 1. The fraction of sp³-hybridized carbons (Fsp3) is 0.625. The Bertz CT molecular complexity index is 628. The van der Waals surface area contributed by atoms with Crippen LogP contribution < -0.4 is 10.6 Å². The summed E-state index contributed by atoms with van der Waals surface area (Å²) in [5.74, 6) is 1.57. The number of amides is 1. The van der Waals surface area contributed by atoms with Crippen molar-refractivity contribution in [2.24, 2.45) is 17.8 Å². The number of rotatable bonds is 8. The number of allylic oxidation sites excluding steroid dienone is 1. The lowest BCUT2D eigenvalue weighted by atomic mass is 9.75. The first-order chi connectivity index (χ1) is 14.1. The molecule has 3 atom stereocenters. The summed E-state index contributed by atoms with van der Waals surface area (Å²) in [5, 5.41) is 16.3. The molecule has 2 fully saturated rings. The maximum atomic E-state index is 12.1. The molecule has 1 unspecified atom stereocenters. The fourth-order valence-electron chi connectivity index (χ4n) is 4.76. The molecular formula is C24H36N2O3. The maximum absolute atomic E-state index is 12.1. The van der Waals surface area contributed by atoms with Gasteiger partial charge in [0.25, 0.3) is 0 Å². The summed E-state index contributed by atoms with van der Waals surface area (Å²) in [6, 6.07) is 10.3. The Morgan fingerprint density at radius 1 is 1.07 bits per heavy atom. The summed E-state index contributed by atoms with van der Waals surface area (Å²) in [5.41, 5.74) is 0.994. The Balaban J connectivity index is 1.38.